The number of benzene rings is 2. The molecule has 0 heterocycles. The van der Waals surface area contributed by atoms with Crippen molar-refractivity contribution in [2.75, 3.05) is 32.7 Å². The number of carboxylic acids is 1. The molecule has 0 bridgehead atoms. The fourth-order valence-electron chi connectivity index (χ4n) is 5.54. The second-order valence-corrected chi connectivity index (χ2v) is 15.8. The Morgan fingerprint density at radius 2 is 1.30 bits per heavy atom. The number of nitrogens with one attached hydrogen (secondary N) is 2. The molecule has 0 radical (unpaired) electrons. The third-order valence-corrected chi connectivity index (χ3v) is 10.2. The maximum absolute atomic E-state index is 14.8. The summed E-state index contributed by atoms with van der Waals surface area (Å²) in [5.41, 5.74) is 16.5. The Bertz CT molecular complexity index is 1400. The number of esters is 2. The Kier molecular flexibility index (Phi) is 22.9. The third kappa shape index (κ3) is 18.4. The first-order valence-electron chi connectivity index (χ1n) is 18.7. The minimum absolute atomic E-state index is 0.193. The molecule has 300 valence electrons. The van der Waals surface area contributed by atoms with Gasteiger partial charge in [0.1, 0.15) is 23.6 Å². The molecule has 0 fully saturated rings. The summed E-state index contributed by atoms with van der Waals surface area (Å²) in [7, 11) is -3.79. The van der Waals surface area contributed by atoms with Crippen molar-refractivity contribution in [2.45, 2.75) is 124 Å². The number of carbonyl (C=O) groups excluding carboxylic acids is 2. The van der Waals surface area contributed by atoms with E-state index in [-0.39, 0.29) is 25.5 Å². The lowest BCUT2D eigenvalue weighted by atomic mass is 9.93. The second-order valence-electron chi connectivity index (χ2n) is 13.6. The molecule has 0 aliphatic heterocycles. The number of unbranched alkanes of at least 4 members (excludes halogenated alkanes) is 2. The number of hydrogen-bond acceptors (Lipinski definition) is 10. The number of aliphatic carboxylic acids is 1. The fourth-order valence-corrected chi connectivity index (χ4v) is 7.57. The summed E-state index contributed by atoms with van der Waals surface area (Å²) in [6.07, 6.45) is 4.96. The molecule has 13 nitrogen and oxygen atoms in total. The predicted molar refractivity (Wildman–Crippen MR) is 209 cm³/mol. The van der Waals surface area contributed by atoms with Crippen LogP contribution in [0.3, 0.4) is 0 Å². The summed E-state index contributed by atoms with van der Waals surface area (Å²) in [6, 6.07) is 7.72. The summed E-state index contributed by atoms with van der Waals surface area (Å²) in [4.78, 5) is 35.3. The van der Waals surface area contributed by atoms with E-state index < -0.39 is 37.4 Å². The van der Waals surface area contributed by atoms with Gasteiger partial charge in [0, 0.05) is 6.92 Å². The van der Waals surface area contributed by atoms with Gasteiger partial charge in [0.05, 0.1) is 13.2 Å². The number of phenols is 1. The van der Waals surface area contributed by atoms with Gasteiger partial charge in [-0.3, -0.25) is 18.9 Å². The van der Waals surface area contributed by atoms with E-state index in [0.717, 1.165) is 34.7 Å². The number of hydrogen-bond donors (Lipinski definition) is 6. The molecule has 0 aromatic heterocycles. The monoisotopic (exact) mass is 764 g/mol. The predicted octanol–water partition coefficient (Wildman–Crippen LogP) is 6.42. The van der Waals surface area contributed by atoms with E-state index in [0.29, 0.717) is 82.4 Å². The number of carbonyl (C=O) groups is 3. The van der Waals surface area contributed by atoms with E-state index in [1.165, 1.54) is 0 Å². The molecule has 2 rings (SSSR count). The maximum Gasteiger partial charge on any atom is 0.323 e. The summed E-state index contributed by atoms with van der Waals surface area (Å²) in [5, 5.41) is 23.8. The van der Waals surface area contributed by atoms with Gasteiger partial charge in [-0.1, -0.05) is 52.7 Å². The molecule has 14 heteroatoms. The molecular formula is C39H65N4O9P. The molecule has 0 spiro atoms. The van der Waals surface area contributed by atoms with E-state index >= 15 is 0 Å². The Labute approximate surface area is 316 Å². The zero-order valence-electron chi connectivity index (χ0n) is 32.9. The van der Waals surface area contributed by atoms with E-state index in [9.17, 15) is 19.3 Å². The van der Waals surface area contributed by atoms with Gasteiger partial charge in [-0.2, -0.15) is 0 Å². The average molecular weight is 765 g/mol. The first kappa shape index (κ1) is 47.5. The van der Waals surface area contributed by atoms with Gasteiger partial charge in [0.2, 0.25) is 7.44 Å². The highest BCUT2D eigenvalue weighted by Crippen LogP contribution is 2.40. The maximum atomic E-state index is 14.8. The quantitative estimate of drug-likeness (QED) is 0.0387. The number of aryl methyl sites for hydroxylation is 2. The van der Waals surface area contributed by atoms with Crippen LogP contribution in [0.2, 0.25) is 0 Å². The number of nitrogens with two attached hydrogens (primary N) is 2. The highest BCUT2D eigenvalue weighted by atomic mass is 31.2. The Morgan fingerprint density at radius 3 is 1.72 bits per heavy atom. The Hall–Kier alpha value is -3.48. The van der Waals surface area contributed by atoms with Crippen molar-refractivity contribution in [3.8, 4) is 11.5 Å². The van der Waals surface area contributed by atoms with Crippen LogP contribution in [0.25, 0.3) is 0 Å². The SMILES string of the molecule is CC(=O)O.CCCOC(=O)C(CCCCN)NP(=O)(COc1cc(C)c(Cc2ccc(O)c(C(C)C)c2)c(C)c1)NC(CCCCN)C(=O)OCCC. The fraction of sp³-hybridized carbons (Fsp3) is 0.615. The minimum atomic E-state index is -3.79. The molecule has 0 amide bonds. The van der Waals surface area contributed by atoms with E-state index in [1.54, 1.807) is 6.07 Å². The van der Waals surface area contributed by atoms with Crippen molar-refractivity contribution in [2.24, 2.45) is 11.5 Å². The summed E-state index contributed by atoms with van der Waals surface area (Å²) in [6.45, 7) is 14.4. The first-order chi connectivity index (χ1) is 25.1. The first-order valence-corrected chi connectivity index (χ1v) is 20.6. The van der Waals surface area contributed by atoms with Crippen molar-refractivity contribution >= 4 is 25.4 Å². The van der Waals surface area contributed by atoms with Crippen LogP contribution in [-0.4, -0.2) is 72.9 Å². The zero-order valence-corrected chi connectivity index (χ0v) is 33.8. The summed E-state index contributed by atoms with van der Waals surface area (Å²) >= 11 is 0. The normalized spacial score (nSPS) is 13.3. The lowest BCUT2D eigenvalue weighted by Crippen LogP contribution is -2.45. The molecule has 53 heavy (non-hydrogen) atoms. The molecule has 2 aromatic carbocycles. The molecule has 2 aromatic rings. The van der Waals surface area contributed by atoms with Crippen molar-refractivity contribution in [3.05, 3.63) is 58.1 Å². The van der Waals surface area contributed by atoms with Crippen molar-refractivity contribution in [1.82, 2.24) is 10.2 Å². The van der Waals surface area contributed by atoms with Crippen LogP contribution in [0.4, 0.5) is 0 Å². The number of carboxylic acid groups (broad SMARTS) is 1. The topological polar surface area (TPSA) is 213 Å². The largest absolute Gasteiger partial charge is 0.508 e. The van der Waals surface area contributed by atoms with Crippen LogP contribution < -0.4 is 26.4 Å². The van der Waals surface area contributed by atoms with Gasteiger partial charge in [-0.25, -0.2) is 10.2 Å². The van der Waals surface area contributed by atoms with Crippen LogP contribution in [0.5, 0.6) is 11.5 Å². The van der Waals surface area contributed by atoms with Gasteiger partial charge in [0.25, 0.3) is 5.97 Å². The number of aromatic hydroxyl groups is 1. The van der Waals surface area contributed by atoms with E-state index in [4.69, 9.17) is 35.6 Å². The molecule has 2 unspecified atom stereocenters. The van der Waals surface area contributed by atoms with Gasteiger partial charge in [0.15, 0.2) is 6.35 Å². The van der Waals surface area contributed by atoms with Crippen LogP contribution in [0.1, 0.15) is 120 Å². The highest BCUT2D eigenvalue weighted by Gasteiger charge is 2.36. The Morgan fingerprint density at radius 1 is 0.830 bits per heavy atom. The van der Waals surface area contributed by atoms with Crippen LogP contribution in [0, 0.1) is 13.8 Å². The lowest BCUT2D eigenvalue weighted by molar-refractivity contribution is -0.146. The van der Waals surface area contributed by atoms with Gasteiger partial charge in [-0.15, -0.1) is 0 Å². The van der Waals surface area contributed by atoms with E-state index in [1.807, 2.05) is 52.0 Å². The molecule has 8 N–H and O–H groups in total. The smallest absolute Gasteiger partial charge is 0.323 e. The summed E-state index contributed by atoms with van der Waals surface area (Å²) in [5.74, 6) is -0.862. The standard InChI is InChI=1S/C37H61N4O7P.C2H4O2/c1-7-19-46-36(43)33(13-9-11-17-38)40-49(45,41-34(14-10-12-18-39)37(44)47-20-8-2)25-48-30-21-27(5)32(28(6)22-30)24-29-15-16-35(42)31(23-29)26(3)4;1-2(3)4/h15-16,21-23,26,33-34,42H,7-14,17-20,24-25,38-39H2,1-6H3,(H2,40,41,45);1H3,(H,3,4). The van der Waals surface area contributed by atoms with Gasteiger partial charge in [-0.05, 0) is 124 Å². The molecule has 0 aliphatic carbocycles. The molecule has 2 atom stereocenters. The van der Waals surface area contributed by atoms with Gasteiger partial charge >= 0.3 is 11.9 Å². The van der Waals surface area contributed by atoms with E-state index in [2.05, 4.69) is 24.0 Å². The molecule has 0 saturated carbocycles. The highest BCUT2D eigenvalue weighted by molar-refractivity contribution is 7.59. The minimum Gasteiger partial charge on any atom is -0.508 e. The Balaban J connectivity index is 0.00000333. The summed E-state index contributed by atoms with van der Waals surface area (Å²) < 4.78 is 31.9. The van der Waals surface area contributed by atoms with Crippen molar-refractivity contribution in [3.63, 3.8) is 0 Å². The number of phenolic OH excluding ortho intramolecular Hbond substituents is 1. The van der Waals surface area contributed by atoms with Crippen molar-refractivity contribution in [1.29, 1.82) is 0 Å². The molecular weight excluding hydrogens is 699 g/mol. The zero-order chi connectivity index (χ0) is 40.0. The van der Waals surface area contributed by atoms with Gasteiger partial charge < -0.3 is 35.9 Å². The lowest BCUT2D eigenvalue weighted by Gasteiger charge is -2.29. The van der Waals surface area contributed by atoms with Crippen LogP contribution in [-0.2, 0) is 34.8 Å². The molecule has 0 saturated heterocycles. The number of rotatable bonds is 24. The van der Waals surface area contributed by atoms with Crippen LogP contribution in [0.15, 0.2) is 30.3 Å². The van der Waals surface area contributed by atoms with Crippen molar-refractivity contribution < 1.29 is 43.4 Å². The van der Waals surface area contributed by atoms with Crippen LogP contribution >= 0.6 is 7.44 Å². The molecule has 0 aliphatic rings. The second kappa shape index (κ2) is 25.5. The average Bonchev–Trinajstić information content (AvgIpc) is 3.10. The third-order valence-electron chi connectivity index (χ3n) is 8.27. The number of ether oxygens (including phenoxy) is 3.